The monoisotopic (exact) mass is 378 g/mol. The number of hydrogen-bond acceptors (Lipinski definition) is 4. The summed E-state index contributed by atoms with van der Waals surface area (Å²) < 4.78 is 11.3. The maximum Gasteiger partial charge on any atom is 0.265 e. The largest absolute Gasteiger partial charge is 0.476 e. The van der Waals surface area contributed by atoms with Crippen LogP contribution in [0.15, 0.2) is 60.7 Å². The summed E-state index contributed by atoms with van der Waals surface area (Å²) in [5.74, 6) is 0.254. The number of fused-ring (bicyclic) bond motifs is 1. The van der Waals surface area contributed by atoms with Crippen LogP contribution in [0.25, 0.3) is 6.08 Å². The predicted molar refractivity (Wildman–Crippen MR) is 106 cm³/mol. The predicted octanol–water partition coefficient (Wildman–Crippen LogP) is 2.35. The lowest BCUT2D eigenvalue weighted by molar-refractivity contribution is -0.142. The molecule has 0 radical (unpaired) electrons. The number of anilines is 1. The van der Waals surface area contributed by atoms with Crippen LogP contribution in [-0.2, 0) is 14.3 Å². The van der Waals surface area contributed by atoms with Gasteiger partial charge < -0.3 is 19.3 Å². The van der Waals surface area contributed by atoms with Crippen LogP contribution < -0.4 is 9.64 Å². The van der Waals surface area contributed by atoms with E-state index in [1.165, 1.54) is 6.08 Å². The third-order valence-electron chi connectivity index (χ3n) is 4.86. The van der Waals surface area contributed by atoms with Crippen LogP contribution in [0.1, 0.15) is 5.56 Å². The number of carbonyl (C=O) groups excluding carboxylic acids is 2. The zero-order chi connectivity index (χ0) is 19.3. The molecular weight excluding hydrogens is 356 g/mol. The average Bonchev–Trinajstić information content (AvgIpc) is 2.77. The number of rotatable bonds is 3. The summed E-state index contributed by atoms with van der Waals surface area (Å²) in [5, 5.41) is 0. The van der Waals surface area contributed by atoms with Crippen LogP contribution in [-0.4, -0.2) is 55.7 Å². The molecule has 0 N–H and O–H groups in total. The fourth-order valence-corrected chi connectivity index (χ4v) is 3.38. The molecule has 28 heavy (non-hydrogen) atoms. The highest BCUT2D eigenvalue weighted by molar-refractivity contribution is 6.05. The standard InChI is InChI=1S/C22H22N2O4/c25-21(11-10-17-6-2-1-3-7-17)24-16-20(22(26)23-12-14-27-15-13-23)28-19-9-5-4-8-18(19)24/h1-11,20H,12-16H2/b11-10+/t20-/m1/s1. The van der Waals surface area contributed by atoms with Crippen LogP contribution in [0.3, 0.4) is 0 Å². The highest BCUT2D eigenvalue weighted by Crippen LogP contribution is 2.33. The van der Waals surface area contributed by atoms with Gasteiger partial charge in [0.05, 0.1) is 25.4 Å². The third kappa shape index (κ3) is 3.92. The quantitative estimate of drug-likeness (QED) is 0.770. The molecule has 0 saturated carbocycles. The lowest BCUT2D eigenvalue weighted by atomic mass is 10.1. The minimum absolute atomic E-state index is 0.109. The summed E-state index contributed by atoms with van der Waals surface area (Å²) in [4.78, 5) is 29.2. The summed E-state index contributed by atoms with van der Waals surface area (Å²) in [5.41, 5.74) is 1.62. The van der Waals surface area contributed by atoms with E-state index in [0.717, 1.165) is 5.56 Å². The number of amides is 2. The number of ether oxygens (including phenoxy) is 2. The Balaban J connectivity index is 1.56. The molecule has 6 nitrogen and oxygen atoms in total. The zero-order valence-corrected chi connectivity index (χ0v) is 15.5. The van der Waals surface area contributed by atoms with Gasteiger partial charge in [-0.2, -0.15) is 0 Å². The number of para-hydroxylation sites is 2. The van der Waals surface area contributed by atoms with Gasteiger partial charge in [0, 0.05) is 19.2 Å². The van der Waals surface area contributed by atoms with Gasteiger partial charge in [0.15, 0.2) is 6.10 Å². The lowest BCUT2D eigenvalue weighted by Crippen LogP contribution is -2.53. The van der Waals surface area contributed by atoms with Crippen molar-refractivity contribution < 1.29 is 19.1 Å². The van der Waals surface area contributed by atoms with E-state index in [1.54, 1.807) is 21.9 Å². The first kappa shape index (κ1) is 18.3. The zero-order valence-electron chi connectivity index (χ0n) is 15.5. The Morgan fingerprint density at radius 1 is 0.964 bits per heavy atom. The molecular formula is C22H22N2O4. The van der Waals surface area contributed by atoms with Crippen molar-refractivity contribution in [3.05, 3.63) is 66.2 Å². The van der Waals surface area contributed by atoms with E-state index in [0.29, 0.717) is 37.7 Å². The fraction of sp³-hybridized carbons (Fsp3) is 0.273. The van der Waals surface area contributed by atoms with Gasteiger partial charge in [0.2, 0.25) is 0 Å². The van der Waals surface area contributed by atoms with E-state index in [2.05, 4.69) is 0 Å². The van der Waals surface area contributed by atoms with Crippen molar-refractivity contribution in [2.75, 3.05) is 37.7 Å². The molecule has 144 valence electrons. The molecule has 2 aromatic carbocycles. The molecule has 2 aliphatic heterocycles. The summed E-state index contributed by atoms with van der Waals surface area (Å²) in [6.07, 6.45) is 2.59. The van der Waals surface area contributed by atoms with Gasteiger partial charge in [0.1, 0.15) is 5.75 Å². The van der Waals surface area contributed by atoms with Crippen molar-refractivity contribution in [1.29, 1.82) is 0 Å². The lowest BCUT2D eigenvalue weighted by Gasteiger charge is -2.37. The molecule has 0 spiro atoms. The number of hydrogen-bond donors (Lipinski definition) is 0. The molecule has 0 aliphatic carbocycles. The van der Waals surface area contributed by atoms with E-state index in [1.807, 2.05) is 48.5 Å². The normalized spacial score (nSPS) is 19.2. The van der Waals surface area contributed by atoms with Gasteiger partial charge in [-0.15, -0.1) is 0 Å². The second-order valence-electron chi connectivity index (χ2n) is 6.70. The molecule has 0 aromatic heterocycles. The van der Waals surface area contributed by atoms with Crippen molar-refractivity contribution in [2.24, 2.45) is 0 Å². The van der Waals surface area contributed by atoms with E-state index in [9.17, 15) is 9.59 Å². The minimum Gasteiger partial charge on any atom is -0.476 e. The first-order valence-electron chi connectivity index (χ1n) is 9.39. The molecule has 0 bridgehead atoms. The number of benzene rings is 2. The molecule has 2 amide bonds. The smallest absolute Gasteiger partial charge is 0.265 e. The molecule has 1 saturated heterocycles. The first-order valence-corrected chi connectivity index (χ1v) is 9.39. The van der Waals surface area contributed by atoms with Gasteiger partial charge >= 0.3 is 0 Å². The van der Waals surface area contributed by atoms with Gasteiger partial charge in [-0.05, 0) is 23.8 Å². The van der Waals surface area contributed by atoms with Gasteiger partial charge in [-0.25, -0.2) is 0 Å². The van der Waals surface area contributed by atoms with Gasteiger partial charge in [-0.1, -0.05) is 42.5 Å². The van der Waals surface area contributed by atoms with Crippen LogP contribution >= 0.6 is 0 Å². The fourth-order valence-electron chi connectivity index (χ4n) is 3.38. The Bertz CT molecular complexity index is 875. The number of morpholine rings is 1. The second kappa shape index (κ2) is 8.27. The second-order valence-corrected chi connectivity index (χ2v) is 6.70. The van der Waals surface area contributed by atoms with Crippen LogP contribution in [0.2, 0.25) is 0 Å². The highest BCUT2D eigenvalue weighted by Gasteiger charge is 2.35. The summed E-state index contributed by atoms with van der Waals surface area (Å²) >= 11 is 0. The Hall–Kier alpha value is -3.12. The molecule has 2 aromatic rings. The van der Waals surface area contributed by atoms with Crippen molar-refractivity contribution >= 4 is 23.6 Å². The third-order valence-corrected chi connectivity index (χ3v) is 4.86. The van der Waals surface area contributed by atoms with E-state index in [4.69, 9.17) is 9.47 Å². The van der Waals surface area contributed by atoms with Crippen LogP contribution in [0.5, 0.6) is 5.75 Å². The van der Waals surface area contributed by atoms with Crippen molar-refractivity contribution in [2.45, 2.75) is 6.10 Å². The first-order chi connectivity index (χ1) is 13.7. The Morgan fingerprint density at radius 2 is 1.68 bits per heavy atom. The van der Waals surface area contributed by atoms with Gasteiger partial charge in [-0.3, -0.25) is 9.59 Å². The summed E-state index contributed by atoms with van der Waals surface area (Å²) in [6, 6.07) is 16.9. The molecule has 4 rings (SSSR count). The molecule has 6 heteroatoms. The number of carbonyl (C=O) groups is 2. The molecule has 2 aliphatic rings. The summed E-state index contributed by atoms with van der Waals surface area (Å²) in [7, 11) is 0. The molecule has 2 heterocycles. The van der Waals surface area contributed by atoms with E-state index in [-0.39, 0.29) is 18.4 Å². The Labute approximate surface area is 164 Å². The molecule has 0 unspecified atom stereocenters. The van der Waals surface area contributed by atoms with E-state index < -0.39 is 6.10 Å². The van der Waals surface area contributed by atoms with Crippen molar-refractivity contribution in [1.82, 2.24) is 4.90 Å². The van der Waals surface area contributed by atoms with Gasteiger partial charge in [0.25, 0.3) is 11.8 Å². The topological polar surface area (TPSA) is 59.1 Å². The minimum atomic E-state index is -0.720. The molecule has 1 atom stereocenters. The Kier molecular flexibility index (Phi) is 5.39. The maximum absolute atomic E-state index is 12.9. The maximum atomic E-state index is 12.9. The van der Waals surface area contributed by atoms with Crippen molar-refractivity contribution in [3.8, 4) is 5.75 Å². The summed E-state index contributed by atoms with van der Waals surface area (Å²) in [6.45, 7) is 2.32. The SMILES string of the molecule is O=C([C@H]1CN(C(=O)/C=C/c2ccccc2)c2ccccc2O1)N1CCOCC1. The Morgan fingerprint density at radius 3 is 2.46 bits per heavy atom. The van der Waals surface area contributed by atoms with Crippen LogP contribution in [0.4, 0.5) is 5.69 Å². The van der Waals surface area contributed by atoms with E-state index >= 15 is 0 Å². The van der Waals surface area contributed by atoms with Crippen LogP contribution in [0, 0.1) is 0 Å². The van der Waals surface area contributed by atoms with Crippen molar-refractivity contribution in [3.63, 3.8) is 0 Å². The average molecular weight is 378 g/mol. The number of nitrogens with zero attached hydrogens (tertiary/aromatic N) is 2. The highest BCUT2D eigenvalue weighted by atomic mass is 16.5. The molecule has 1 fully saturated rings.